The van der Waals surface area contributed by atoms with Gasteiger partial charge in [-0.25, -0.2) is 4.39 Å². The number of carbonyl (C=O) groups is 1. The molecular weight excluding hydrogens is 298 g/mol. The summed E-state index contributed by atoms with van der Waals surface area (Å²) in [6, 6.07) is 3.00. The van der Waals surface area contributed by atoms with Gasteiger partial charge in [-0.3, -0.25) is 4.79 Å². The van der Waals surface area contributed by atoms with Gasteiger partial charge in [0.2, 0.25) is 0 Å². The molecule has 0 atom stereocenters. The van der Waals surface area contributed by atoms with E-state index < -0.39 is 5.82 Å². The van der Waals surface area contributed by atoms with Crippen molar-refractivity contribution in [2.24, 2.45) is 0 Å². The van der Waals surface area contributed by atoms with Gasteiger partial charge < -0.3 is 4.74 Å². The third kappa shape index (κ3) is 3.27. The van der Waals surface area contributed by atoms with E-state index in [1.54, 1.807) is 13.2 Å². The molecule has 0 saturated heterocycles. The summed E-state index contributed by atoms with van der Waals surface area (Å²) in [4.78, 5) is 11.6. The number of halogens is 3. The molecule has 88 valence electrons. The highest BCUT2D eigenvalue weighted by Crippen LogP contribution is 2.28. The molecule has 0 aliphatic rings. The molecule has 0 unspecified atom stereocenters. The van der Waals surface area contributed by atoms with Gasteiger partial charge in [-0.1, -0.05) is 11.6 Å². The maximum absolute atomic E-state index is 13.6. The second-order valence-corrected chi connectivity index (χ2v) is 4.47. The van der Waals surface area contributed by atoms with Crippen LogP contribution in [-0.2, 0) is 4.74 Å². The van der Waals surface area contributed by atoms with Crippen LogP contribution in [0, 0.1) is 5.82 Å². The second kappa shape index (κ2) is 6.33. The lowest BCUT2D eigenvalue weighted by atomic mass is 10.1. The Hall–Kier alpha value is -0.450. The monoisotopic (exact) mass is 308 g/mol. The Kier molecular flexibility index (Phi) is 5.38. The lowest BCUT2D eigenvalue weighted by Gasteiger charge is -2.05. The highest BCUT2D eigenvalue weighted by Gasteiger charge is 2.15. The van der Waals surface area contributed by atoms with Crippen molar-refractivity contribution in [2.45, 2.75) is 12.8 Å². The third-order valence-electron chi connectivity index (χ3n) is 2.09. The summed E-state index contributed by atoms with van der Waals surface area (Å²) in [6.45, 7) is 0.484. The van der Waals surface area contributed by atoms with Crippen molar-refractivity contribution in [3.63, 3.8) is 0 Å². The Labute approximate surface area is 107 Å². The van der Waals surface area contributed by atoms with Crippen molar-refractivity contribution >= 4 is 33.3 Å². The standard InChI is InChI=1S/C11H11BrClFO2/c1-16-6-2-3-9(15)7-4-5-8(12)10(13)11(7)14/h4-5H,2-3,6H2,1H3. The number of carbonyl (C=O) groups excluding carboxylic acids is 1. The molecular formula is C11H11BrClFO2. The van der Waals surface area contributed by atoms with Crippen LogP contribution in [0.15, 0.2) is 16.6 Å². The normalized spacial score (nSPS) is 10.5. The third-order valence-corrected chi connectivity index (χ3v) is 3.35. The van der Waals surface area contributed by atoms with Gasteiger partial charge in [0.15, 0.2) is 11.6 Å². The molecule has 0 aliphatic carbocycles. The van der Waals surface area contributed by atoms with E-state index in [1.807, 2.05) is 0 Å². The highest BCUT2D eigenvalue weighted by atomic mass is 79.9. The van der Waals surface area contributed by atoms with Crippen molar-refractivity contribution in [3.8, 4) is 0 Å². The molecule has 5 heteroatoms. The number of hydrogen-bond donors (Lipinski definition) is 0. The van der Waals surface area contributed by atoms with E-state index in [2.05, 4.69) is 15.9 Å². The van der Waals surface area contributed by atoms with Crippen molar-refractivity contribution in [2.75, 3.05) is 13.7 Å². The first-order valence-corrected chi connectivity index (χ1v) is 5.90. The SMILES string of the molecule is COCCCC(=O)c1ccc(Br)c(Cl)c1F. The van der Waals surface area contributed by atoms with E-state index in [9.17, 15) is 9.18 Å². The number of Topliss-reactive ketones (excluding diaryl/α,β-unsaturated/α-hetero) is 1. The fraction of sp³-hybridized carbons (Fsp3) is 0.364. The summed E-state index contributed by atoms with van der Waals surface area (Å²) >= 11 is 8.78. The first-order chi connectivity index (χ1) is 7.57. The zero-order valence-corrected chi connectivity index (χ0v) is 11.1. The summed E-state index contributed by atoms with van der Waals surface area (Å²) in [6.07, 6.45) is 0.825. The van der Waals surface area contributed by atoms with E-state index >= 15 is 0 Å². The lowest BCUT2D eigenvalue weighted by molar-refractivity contribution is 0.0959. The topological polar surface area (TPSA) is 26.3 Å². The van der Waals surface area contributed by atoms with Crippen LogP contribution in [0.5, 0.6) is 0 Å². The summed E-state index contributed by atoms with van der Waals surface area (Å²) < 4.78 is 18.9. The molecule has 0 spiro atoms. The van der Waals surface area contributed by atoms with E-state index in [0.29, 0.717) is 17.5 Å². The fourth-order valence-corrected chi connectivity index (χ4v) is 1.72. The van der Waals surface area contributed by atoms with Crippen LogP contribution in [0.25, 0.3) is 0 Å². The van der Waals surface area contributed by atoms with Crippen LogP contribution in [0.2, 0.25) is 5.02 Å². The Morgan fingerprint density at radius 2 is 2.25 bits per heavy atom. The molecule has 0 aliphatic heterocycles. The number of hydrogen-bond acceptors (Lipinski definition) is 2. The molecule has 0 heterocycles. The van der Waals surface area contributed by atoms with Gasteiger partial charge in [-0.15, -0.1) is 0 Å². The quantitative estimate of drug-likeness (QED) is 0.469. The summed E-state index contributed by atoms with van der Waals surface area (Å²) in [5.41, 5.74) is 0.0318. The van der Waals surface area contributed by atoms with Crippen molar-refractivity contribution in [1.29, 1.82) is 0 Å². The zero-order valence-electron chi connectivity index (χ0n) is 8.73. The molecule has 0 bridgehead atoms. The Balaban J connectivity index is 2.80. The highest BCUT2D eigenvalue weighted by molar-refractivity contribution is 9.10. The molecule has 1 rings (SSSR count). The summed E-state index contributed by atoms with van der Waals surface area (Å²) in [5.74, 6) is -0.928. The van der Waals surface area contributed by atoms with Gasteiger partial charge in [-0.05, 0) is 34.5 Å². The molecule has 16 heavy (non-hydrogen) atoms. The average molecular weight is 310 g/mol. The number of benzene rings is 1. The maximum atomic E-state index is 13.6. The molecule has 0 radical (unpaired) electrons. The molecule has 2 nitrogen and oxygen atoms in total. The first-order valence-electron chi connectivity index (χ1n) is 4.73. The predicted molar refractivity (Wildman–Crippen MR) is 64.6 cm³/mol. The maximum Gasteiger partial charge on any atom is 0.165 e. The van der Waals surface area contributed by atoms with Crippen LogP contribution in [0.4, 0.5) is 4.39 Å². The van der Waals surface area contributed by atoms with E-state index in [-0.39, 0.29) is 22.8 Å². The van der Waals surface area contributed by atoms with Crippen molar-refractivity contribution in [3.05, 3.63) is 33.0 Å². The Bertz CT molecular complexity index is 396. The van der Waals surface area contributed by atoms with Gasteiger partial charge >= 0.3 is 0 Å². The van der Waals surface area contributed by atoms with Gasteiger partial charge in [0.25, 0.3) is 0 Å². The first kappa shape index (κ1) is 13.6. The van der Waals surface area contributed by atoms with Crippen LogP contribution in [0.1, 0.15) is 23.2 Å². The van der Waals surface area contributed by atoms with Gasteiger partial charge in [0.05, 0.1) is 10.6 Å². The zero-order chi connectivity index (χ0) is 12.1. The number of rotatable bonds is 5. The van der Waals surface area contributed by atoms with Gasteiger partial charge in [0.1, 0.15) is 0 Å². The minimum absolute atomic E-state index is 0.0318. The molecule has 0 fully saturated rings. The smallest absolute Gasteiger partial charge is 0.165 e. The van der Waals surface area contributed by atoms with Crippen LogP contribution in [0.3, 0.4) is 0 Å². The summed E-state index contributed by atoms with van der Waals surface area (Å²) in [5, 5.41) is -0.0578. The van der Waals surface area contributed by atoms with E-state index in [1.165, 1.54) is 6.07 Å². The molecule has 0 amide bonds. The minimum Gasteiger partial charge on any atom is -0.385 e. The molecule has 0 N–H and O–H groups in total. The predicted octanol–water partition coefficient (Wildman–Crippen LogP) is 3.85. The summed E-state index contributed by atoms with van der Waals surface area (Å²) in [7, 11) is 1.56. The largest absolute Gasteiger partial charge is 0.385 e. The fourth-order valence-electron chi connectivity index (χ4n) is 1.25. The Morgan fingerprint density at radius 3 is 2.88 bits per heavy atom. The van der Waals surface area contributed by atoms with Crippen LogP contribution < -0.4 is 0 Å². The minimum atomic E-state index is -0.668. The molecule has 0 aromatic heterocycles. The number of ether oxygens (including phenoxy) is 1. The molecule has 1 aromatic carbocycles. The van der Waals surface area contributed by atoms with Crippen molar-refractivity contribution in [1.82, 2.24) is 0 Å². The number of methoxy groups -OCH3 is 1. The van der Waals surface area contributed by atoms with Gasteiger partial charge in [-0.2, -0.15) is 0 Å². The van der Waals surface area contributed by atoms with Crippen LogP contribution >= 0.6 is 27.5 Å². The number of ketones is 1. The van der Waals surface area contributed by atoms with E-state index in [0.717, 1.165) is 0 Å². The van der Waals surface area contributed by atoms with Gasteiger partial charge in [0, 0.05) is 24.6 Å². The Morgan fingerprint density at radius 1 is 1.56 bits per heavy atom. The van der Waals surface area contributed by atoms with E-state index in [4.69, 9.17) is 16.3 Å². The van der Waals surface area contributed by atoms with Crippen molar-refractivity contribution < 1.29 is 13.9 Å². The molecule has 1 aromatic rings. The lowest BCUT2D eigenvalue weighted by Crippen LogP contribution is -2.04. The van der Waals surface area contributed by atoms with Crippen LogP contribution in [-0.4, -0.2) is 19.5 Å². The second-order valence-electron chi connectivity index (χ2n) is 3.24. The molecule has 0 saturated carbocycles. The average Bonchev–Trinajstić information content (AvgIpc) is 2.26.